The van der Waals surface area contributed by atoms with Crippen molar-refractivity contribution in [1.29, 1.82) is 0 Å². The van der Waals surface area contributed by atoms with Gasteiger partial charge in [0.05, 0.1) is 4.91 Å². The number of ether oxygens (including phenoxy) is 2. The molecule has 0 saturated carbocycles. The van der Waals surface area contributed by atoms with Gasteiger partial charge in [-0.2, -0.15) is 0 Å². The maximum Gasteiger partial charge on any atom is 0.294 e. The van der Waals surface area contributed by atoms with E-state index in [9.17, 15) is 14.4 Å². The summed E-state index contributed by atoms with van der Waals surface area (Å²) in [5.74, 6) is 0.309. The first kappa shape index (κ1) is 19.1. The third kappa shape index (κ3) is 3.84. The fourth-order valence-corrected chi connectivity index (χ4v) is 3.85. The lowest BCUT2D eigenvalue weighted by atomic mass is 10.1. The fourth-order valence-electron chi connectivity index (χ4n) is 3.01. The molecule has 29 heavy (non-hydrogen) atoms. The van der Waals surface area contributed by atoms with Crippen LogP contribution in [-0.4, -0.2) is 35.3 Å². The molecule has 8 heteroatoms. The third-order valence-corrected chi connectivity index (χ3v) is 5.66. The minimum atomic E-state index is -0.492. The first-order chi connectivity index (χ1) is 13.9. The van der Waals surface area contributed by atoms with Crippen LogP contribution in [0.25, 0.3) is 6.08 Å². The number of anilines is 1. The Morgan fingerprint density at radius 2 is 1.97 bits per heavy atom. The Balaban J connectivity index is 1.46. The molecular formula is C21H18N2O5S. The molecule has 1 saturated heterocycles. The molecule has 3 amide bonds. The fraction of sp³-hybridized carbons (Fsp3) is 0.190. The highest BCUT2D eigenvalue weighted by atomic mass is 32.2. The monoisotopic (exact) mass is 410 g/mol. The lowest BCUT2D eigenvalue weighted by Crippen LogP contribution is -2.36. The number of hydrogen-bond acceptors (Lipinski definition) is 6. The number of amides is 3. The van der Waals surface area contributed by atoms with Crippen molar-refractivity contribution in [3.05, 3.63) is 58.0 Å². The van der Waals surface area contributed by atoms with Crippen LogP contribution in [-0.2, 0) is 9.59 Å². The highest BCUT2D eigenvalue weighted by Crippen LogP contribution is 2.36. The molecule has 0 aromatic heterocycles. The van der Waals surface area contributed by atoms with Gasteiger partial charge in [0, 0.05) is 5.69 Å². The van der Waals surface area contributed by atoms with Gasteiger partial charge >= 0.3 is 0 Å². The molecule has 2 aliphatic rings. The zero-order valence-corrected chi connectivity index (χ0v) is 16.7. The molecule has 0 aliphatic carbocycles. The summed E-state index contributed by atoms with van der Waals surface area (Å²) in [6, 6.07) is 10.8. The van der Waals surface area contributed by atoms with Crippen LogP contribution in [0.4, 0.5) is 10.5 Å². The maximum atomic E-state index is 12.6. The van der Waals surface area contributed by atoms with Crippen molar-refractivity contribution in [2.75, 3.05) is 18.7 Å². The van der Waals surface area contributed by atoms with Crippen molar-refractivity contribution in [2.45, 2.75) is 13.8 Å². The van der Waals surface area contributed by atoms with Crippen LogP contribution in [0.3, 0.4) is 0 Å². The van der Waals surface area contributed by atoms with Gasteiger partial charge in [-0.1, -0.05) is 18.2 Å². The van der Waals surface area contributed by atoms with E-state index in [-0.39, 0.29) is 18.2 Å². The van der Waals surface area contributed by atoms with Crippen molar-refractivity contribution in [1.82, 2.24) is 4.90 Å². The number of thioether (sulfide) groups is 1. The van der Waals surface area contributed by atoms with E-state index in [0.29, 0.717) is 22.7 Å². The summed E-state index contributed by atoms with van der Waals surface area (Å²) < 4.78 is 10.6. The molecule has 2 aliphatic heterocycles. The zero-order chi connectivity index (χ0) is 20.5. The molecule has 2 heterocycles. The molecule has 0 radical (unpaired) electrons. The van der Waals surface area contributed by atoms with Gasteiger partial charge in [-0.05, 0) is 66.6 Å². The smallest absolute Gasteiger partial charge is 0.294 e. The topological polar surface area (TPSA) is 84.9 Å². The highest BCUT2D eigenvalue weighted by molar-refractivity contribution is 8.18. The van der Waals surface area contributed by atoms with Gasteiger partial charge in [-0.25, -0.2) is 0 Å². The minimum absolute atomic E-state index is 0.158. The van der Waals surface area contributed by atoms with Crippen LogP contribution in [0, 0.1) is 13.8 Å². The largest absolute Gasteiger partial charge is 0.454 e. The standard InChI is InChI=1S/C21H18N2O5S/c1-12-4-3-5-15(13(12)2)22-19(24)10-23-20(25)18(29-21(23)26)9-14-6-7-16-17(8-14)28-11-27-16/h3-9H,10-11H2,1-2H3,(H,22,24)/b18-9+. The average Bonchev–Trinajstić information content (AvgIpc) is 3.25. The van der Waals surface area contributed by atoms with Crippen molar-refractivity contribution >= 4 is 40.6 Å². The van der Waals surface area contributed by atoms with Gasteiger partial charge < -0.3 is 14.8 Å². The van der Waals surface area contributed by atoms with E-state index in [1.807, 2.05) is 26.0 Å². The first-order valence-corrected chi connectivity index (χ1v) is 9.75. The Kier molecular flexibility index (Phi) is 5.02. The van der Waals surface area contributed by atoms with E-state index in [4.69, 9.17) is 9.47 Å². The number of carbonyl (C=O) groups excluding carboxylic acids is 3. The normalized spacial score (nSPS) is 16.6. The minimum Gasteiger partial charge on any atom is -0.454 e. The quantitative estimate of drug-likeness (QED) is 0.774. The van der Waals surface area contributed by atoms with E-state index < -0.39 is 17.1 Å². The second-order valence-electron chi connectivity index (χ2n) is 6.68. The van der Waals surface area contributed by atoms with Crippen LogP contribution in [0.15, 0.2) is 41.3 Å². The van der Waals surface area contributed by atoms with Crippen LogP contribution >= 0.6 is 11.8 Å². The molecular weight excluding hydrogens is 392 g/mol. The van der Waals surface area contributed by atoms with Crippen LogP contribution in [0.2, 0.25) is 0 Å². The Labute approximate surface area is 171 Å². The number of imide groups is 1. The van der Waals surface area contributed by atoms with E-state index in [0.717, 1.165) is 27.8 Å². The van der Waals surface area contributed by atoms with Crippen LogP contribution in [0.1, 0.15) is 16.7 Å². The third-order valence-electron chi connectivity index (χ3n) is 4.75. The lowest BCUT2D eigenvalue weighted by Gasteiger charge is -2.14. The second-order valence-corrected chi connectivity index (χ2v) is 7.67. The number of hydrogen-bond donors (Lipinski definition) is 1. The van der Waals surface area contributed by atoms with E-state index in [1.165, 1.54) is 0 Å². The number of carbonyl (C=O) groups is 3. The highest BCUT2D eigenvalue weighted by Gasteiger charge is 2.36. The van der Waals surface area contributed by atoms with Gasteiger partial charge in [-0.15, -0.1) is 0 Å². The SMILES string of the molecule is Cc1cccc(NC(=O)CN2C(=O)S/C(=C/c3ccc4c(c3)OCO4)C2=O)c1C. The predicted octanol–water partition coefficient (Wildman–Crippen LogP) is 3.71. The molecule has 0 spiro atoms. The zero-order valence-electron chi connectivity index (χ0n) is 15.9. The number of nitrogens with one attached hydrogen (secondary N) is 1. The number of fused-ring (bicyclic) bond motifs is 1. The summed E-state index contributed by atoms with van der Waals surface area (Å²) in [6.07, 6.45) is 1.61. The number of nitrogens with zero attached hydrogens (tertiary/aromatic N) is 1. The Morgan fingerprint density at radius 1 is 1.17 bits per heavy atom. The summed E-state index contributed by atoms with van der Waals surface area (Å²) >= 11 is 0.810. The van der Waals surface area contributed by atoms with Crippen LogP contribution in [0.5, 0.6) is 11.5 Å². The van der Waals surface area contributed by atoms with Crippen LogP contribution < -0.4 is 14.8 Å². The Morgan fingerprint density at radius 3 is 2.79 bits per heavy atom. The van der Waals surface area contributed by atoms with E-state index in [1.54, 1.807) is 30.3 Å². The number of aryl methyl sites for hydroxylation is 1. The molecule has 0 unspecified atom stereocenters. The van der Waals surface area contributed by atoms with Crippen molar-refractivity contribution in [2.24, 2.45) is 0 Å². The maximum absolute atomic E-state index is 12.6. The Bertz CT molecular complexity index is 1060. The second kappa shape index (κ2) is 7.63. The molecule has 0 bridgehead atoms. The van der Waals surface area contributed by atoms with E-state index in [2.05, 4.69) is 5.32 Å². The summed E-state index contributed by atoms with van der Waals surface area (Å²) in [7, 11) is 0. The molecule has 148 valence electrons. The summed E-state index contributed by atoms with van der Waals surface area (Å²) in [5.41, 5.74) is 3.36. The lowest BCUT2D eigenvalue weighted by molar-refractivity contribution is -0.127. The summed E-state index contributed by atoms with van der Waals surface area (Å²) in [4.78, 5) is 38.5. The molecule has 4 rings (SSSR count). The number of rotatable bonds is 4. The first-order valence-electron chi connectivity index (χ1n) is 8.93. The Hall–Kier alpha value is -3.26. The molecule has 7 nitrogen and oxygen atoms in total. The van der Waals surface area contributed by atoms with Gasteiger partial charge in [0.25, 0.3) is 11.1 Å². The van der Waals surface area contributed by atoms with Crippen molar-refractivity contribution in [3.8, 4) is 11.5 Å². The molecule has 2 aromatic carbocycles. The van der Waals surface area contributed by atoms with Gasteiger partial charge in [0.1, 0.15) is 6.54 Å². The van der Waals surface area contributed by atoms with Gasteiger partial charge in [-0.3, -0.25) is 19.3 Å². The summed E-state index contributed by atoms with van der Waals surface area (Å²) in [6.45, 7) is 3.67. The van der Waals surface area contributed by atoms with Gasteiger partial charge in [0.15, 0.2) is 11.5 Å². The molecule has 2 aromatic rings. The van der Waals surface area contributed by atoms with Crippen molar-refractivity contribution in [3.63, 3.8) is 0 Å². The molecule has 1 N–H and O–H groups in total. The predicted molar refractivity (Wildman–Crippen MR) is 110 cm³/mol. The molecule has 0 atom stereocenters. The van der Waals surface area contributed by atoms with Gasteiger partial charge in [0.2, 0.25) is 12.7 Å². The van der Waals surface area contributed by atoms with Crippen molar-refractivity contribution < 1.29 is 23.9 Å². The number of benzene rings is 2. The average molecular weight is 410 g/mol. The van der Waals surface area contributed by atoms with E-state index >= 15 is 0 Å². The molecule has 1 fully saturated rings. The summed E-state index contributed by atoms with van der Waals surface area (Å²) in [5, 5.41) is 2.29.